The van der Waals surface area contributed by atoms with E-state index >= 15 is 0 Å². The molecule has 1 aliphatic heterocycles. The third-order valence-corrected chi connectivity index (χ3v) is 6.08. The van der Waals surface area contributed by atoms with Crippen LogP contribution in [0.25, 0.3) is 0 Å². The first-order chi connectivity index (χ1) is 16.3. The van der Waals surface area contributed by atoms with Crippen molar-refractivity contribution in [1.82, 2.24) is 15.1 Å². The van der Waals surface area contributed by atoms with Crippen LogP contribution in [0.4, 0.5) is 4.39 Å². The number of rotatable bonds is 9. The standard InChI is InChI=1S/C26H33FN4O3/c1-18(2)25(33)30(15-12-19-6-4-3-5-7-19)22-16-23(24(32)29-14-13-28)31(17-22)26(34)20-8-10-21(27)11-9-20/h3-11,18,22-23H,12-17,28H2,1-2H3,(H,29,32). The van der Waals surface area contributed by atoms with Crippen molar-refractivity contribution < 1.29 is 18.8 Å². The molecule has 1 heterocycles. The highest BCUT2D eigenvalue weighted by atomic mass is 19.1. The molecule has 0 aliphatic carbocycles. The predicted molar refractivity (Wildman–Crippen MR) is 128 cm³/mol. The molecular formula is C26H33FN4O3. The average Bonchev–Trinajstić information content (AvgIpc) is 3.28. The smallest absolute Gasteiger partial charge is 0.254 e. The van der Waals surface area contributed by atoms with E-state index in [0.717, 1.165) is 5.56 Å². The number of carbonyl (C=O) groups is 3. The maximum atomic E-state index is 13.4. The van der Waals surface area contributed by atoms with Crippen LogP contribution in [0.3, 0.4) is 0 Å². The highest BCUT2D eigenvalue weighted by Gasteiger charge is 2.43. The second-order valence-electron chi connectivity index (χ2n) is 8.87. The van der Waals surface area contributed by atoms with Crippen LogP contribution in [-0.2, 0) is 16.0 Å². The maximum Gasteiger partial charge on any atom is 0.254 e. The van der Waals surface area contributed by atoms with Crippen molar-refractivity contribution >= 4 is 17.7 Å². The van der Waals surface area contributed by atoms with Crippen LogP contribution < -0.4 is 11.1 Å². The summed E-state index contributed by atoms with van der Waals surface area (Å²) in [5.74, 6) is -1.35. The van der Waals surface area contributed by atoms with Crippen molar-refractivity contribution in [3.8, 4) is 0 Å². The lowest BCUT2D eigenvalue weighted by Crippen LogP contribution is -2.47. The highest BCUT2D eigenvalue weighted by Crippen LogP contribution is 2.26. The largest absolute Gasteiger partial charge is 0.353 e. The van der Waals surface area contributed by atoms with Crippen LogP contribution in [0.1, 0.15) is 36.2 Å². The molecule has 0 radical (unpaired) electrons. The molecule has 2 atom stereocenters. The first-order valence-corrected chi connectivity index (χ1v) is 11.7. The molecule has 0 saturated carbocycles. The molecule has 2 aromatic carbocycles. The van der Waals surface area contributed by atoms with Gasteiger partial charge in [0.05, 0.1) is 6.04 Å². The fourth-order valence-corrected chi connectivity index (χ4v) is 4.28. The molecule has 2 unspecified atom stereocenters. The highest BCUT2D eigenvalue weighted by molar-refractivity contribution is 5.98. The van der Waals surface area contributed by atoms with Crippen LogP contribution in [0.5, 0.6) is 0 Å². The fraction of sp³-hybridized carbons (Fsp3) is 0.423. The number of amides is 3. The number of hydrogen-bond donors (Lipinski definition) is 2. The second-order valence-corrected chi connectivity index (χ2v) is 8.87. The van der Waals surface area contributed by atoms with Gasteiger partial charge in [-0.1, -0.05) is 44.2 Å². The van der Waals surface area contributed by atoms with E-state index in [1.165, 1.54) is 29.2 Å². The van der Waals surface area contributed by atoms with Gasteiger partial charge in [-0.2, -0.15) is 0 Å². The summed E-state index contributed by atoms with van der Waals surface area (Å²) in [6, 6.07) is 14.1. The summed E-state index contributed by atoms with van der Waals surface area (Å²) in [6.45, 7) is 4.98. The van der Waals surface area contributed by atoms with Gasteiger partial charge in [-0.3, -0.25) is 14.4 Å². The SMILES string of the molecule is CC(C)C(=O)N(CCc1ccccc1)C1CC(C(=O)NCCN)N(C(=O)c2ccc(F)cc2)C1. The molecule has 2 aromatic rings. The van der Waals surface area contributed by atoms with Crippen LogP contribution in [0.15, 0.2) is 54.6 Å². The molecule has 34 heavy (non-hydrogen) atoms. The topological polar surface area (TPSA) is 95.7 Å². The zero-order chi connectivity index (χ0) is 24.7. The lowest BCUT2D eigenvalue weighted by molar-refractivity contribution is -0.136. The molecule has 8 heteroatoms. The second kappa shape index (κ2) is 11.7. The van der Waals surface area contributed by atoms with Crippen molar-refractivity contribution in [3.63, 3.8) is 0 Å². The number of nitrogens with two attached hydrogens (primary N) is 1. The number of hydrogen-bond acceptors (Lipinski definition) is 4. The van der Waals surface area contributed by atoms with E-state index < -0.39 is 11.9 Å². The van der Waals surface area contributed by atoms with Crippen molar-refractivity contribution in [3.05, 3.63) is 71.5 Å². The van der Waals surface area contributed by atoms with Crippen LogP contribution in [0, 0.1) is 11.7 Å². The van der Waals surface area contributed by atoms with Gasteiger partial charge in [0.2, 0.25) is 11.8 Å². The first-order valence-electron chi connectivity index (χ1n) is 11.7. The summed E-state index contributed by atoms with van der Waals surface area (Å²) >= 11 is 0. The van der Waals surface area contributed by atoms with E-state index in [9.17, 15) is 18.8 Å². The van der Waals surface area contributed by atoms with E-state index in [4.69, 9.17) is 5.73 Å². The number of halogens is 1. The van der Waals surface area contributed by atoms with Crippen molar-refractivity contribution in [1.29, 1.82) is 0 Å². The Hall–Kier alpha value is -3.26. The van der Waals surface area contributed by atoms with Crippen LogP contribution in [0.2, 0.25) is 0 Å². The van der Waals surface area contributed by atoms with Crippen molar-refractivity contribution in [2.75, 3.05) is 26.2 Å². The van der Waals surface area contributed by atoms with Crippen molar-refractivity contribution in [2.45, 2.75) is 38.8 Å². The Morgan fingerprint density at radius 1 is 1.12 bits per heavy atom. The Balaban J connectivity index is 1.85. The lowest BCUT2D eigenvalue weighted by atomic mass is 10.1. The molecule has 1 fully saturated rings. The van der Waals surface area contributed by atoms with E-state index in [2.05, 4.69) is 5.32 Å². The Kier molecular flexibility index (Phi) is 8.76. The van der Waals surface area contributed by atoms with Gasteiger partial charge in [0.25, 0.3) is 5.91 Å². The van der Waals surface area contributed by atoms with Crippen molar-refractivity contribution in [2.24, 2.45) is 11.7 Å². The summed E-state index contributed by atoms with van der Waals surface area (Å²) in [7, 11) is 0. The fourth-order valence-electron chi connectivity index (χ4n) is 4.28. The Labute approximate surface area is 200 Å². The zero-order valence-corrected chi connectivity index (χ0v) is 19.7. The van der Waals surface area contributed by atoms with Gasteiger partial charge < -0.3 is 20.9 Å². The van der Waals surface area contributed by atoms with Gasteiger partial charge >= 0.3 is 0 Å². The van der Waals surface area contributed by atoms with Gasteiger partial charge in [0.1, 0.15) is 11.9 Å². The monoisotopic (exact) mass is 468 g/mol. The molecule has 3 N–H and O–H groups in total. The Bertz CT molecular complexity index is 981. The van der Waals surface area contributed by atoms with E-state index in [1.807, 2.05) is 44.2 Å². The molecule has 0 spiro atoms. The minimum atomic E-state index is -0.742. The molecule has 0 bridgehead atoms. The first kappa shape index (κ1) is 25.4. The minimum absolute atomic E-state index is 0.0156. The summed E-state index contributed by atoms with van der Waals surface area (Å²) in [4.78, 5) is 42.7. The van der Waals surface area contributed by atoms with Gasteiger partial charge in [-0.05, 0) is 42.7 Å². The summed E-state index contributed by atoms with van der Waals surface area (Å²) in [6.07, 6.45) is 1.00. The van der Waals surface area contributed by atoms with Crippen LogP contribution >= 0.6 is 0 Å². The summed E-state index contributed by atoms with van der Waals surface area (Å²) in [5, 5.41) is 2.77. The molecule has 182 valence electrons. The molecule has 3 rings (SSSR count). The summed E-state index contributed by atoms with van der Waals surface area (Å²) in [5.41, 5.74) is 6.94. The molecule has 1 aliphatic rings. The quantitative estimate of drug-likeness (QED) is 0.590. The van der Waals surface area contributed by atoms with E-state index in [0.29, 0.717) is 31.5 Å². The molecule has 7 nitrogen and oxygen atoms in total. The third-order valence-electron chi connectivity index (χ3n) is 6.08. The predicted octanol–water partition coefficient (Wildman–Crippen LogP) is 2.21. The summed E-state index contributed by atoms with van der Waals surface area (Å²) < 4.78 is 13.4. The van der Waals surface area contributed by atoms with E-state index in [1.54, 1.807) is 4.90 Å². The Morgan fingerprint density at radius 3 is 2.41 bits per heavy atom. The minimum Gasteiger partial charge on any atom is -0.353 e. The zero-order valence-electron chi connectivity index (χ0n) is 19.7. The van der Waals surface area contributed by atoms with E-state index in [-0.39, 0.29) is 42.8 Å². The van der Waals surface area contributed by atoms with Gasteiger partial charge in [-0.25, -0.2) is 4.39 Å². The number of benzene rings is 2. The normalized spacial score (nSPS) is 17.6. The number of nitrogens with one attached hydrogen (secondary N) is 1. The van der Waals surface area contributed by atoms with Crippen LogP contribution in [-0.4, -0.2) is 65.8 Å². The molecule has 0 aromatic heterocycles. The Morgan fingerprint density at radius 2 is 1.79 bits per heavy atom. The maximum absolute atomic E-state index is 13.4. The average molecular weight is 469 g/mol. The molecular weight excluding hydrogens is 435 g/mol. The third kappa shape index (κ3) is 6.20. The molecule has 3 amide bonds. The lowest BCUT2D eigenvalue weighted by Gasteiger charge is -2.31. The number of carbonyl (C=O) groups excluding carboxylic acids is 3. The van der Waals surface area contributed by atoms with Gasteiger partial charge in [0, 0.05) is 37.7 Å². The number of nitrogens with zero attached hydrogens (tertiary/aromatic N) is 2. The van der Waals surface area contributed by atoms with Gasteiger partial charge in [0.15, 0.2) is 0 Å². The number of likely N-dealkylation sites (tertiary alicyclic amines) is 1. The molecule has 1 saturated heterocycles. The van der Waals surface area contributed by atoms with Gasteiger partial charge in [-0.15, -0.1) is 0 Å².